The second kappa shape index (κ2) is 9.62. The van der Waals surface area contributed by atoms with Gasteiger partial charge in [-0.3, -0.25) is 4.99 Å². The van der Waals surface area contributed by atoms with Crippen LogP contribution in [0, 0.1) is 18.2 Å². The summed E-state index contributed by atoms with van der Waals surface area (Å²) in [5, 5.41) is 0. The van der Waals surface area contributed by atoms with Gasteiger partial charge in [-0.15, -0.1) is 6.42 Å². The second-order valence-electron chi connectivity index (χ2n) is 6.60. The van der Waals surface area contributed by atoms with Crippen LogP contribution in [0.1, 0.15) is 32.1 Å². The van der Waals surface area contributed by atoms with E-state index < -0.39 is 17.8 Å². The highest BCUT2D eigenvalue weighted by Crippen LogP contribution is 2.36. The Labute approximate surface area is 192 Å². The number of ether oxygens (including phenoxy) is 2. The Morgan fingerprint density at radius 1 is 1.16 bits per heavy atom. The first kappa shape index (κ1) is 23.0. The molecule has 3 aromatic rings. The summed E-state index contributed by atoms with van der Waals surface area (Å²) in [6, 6.07) is 10.7. The number of benzene rings is 2. The van der Waals surface area contributed by atoms with Gasteiger partial charge in [0.25, 0.3) is 0 Å². The second-order valence-corrected chi connectivity index (χ2v) is 7.51. The molecule has 0 fully saturated rings. The zero-order valence-corrected chi connectivity index (χ0v) is 18.9. The van der Waals surface area contributed by atoms with Crippen molar-refractivity contribution in [2.75, 3.05) is 14.2 Å². The number of aromatic nitrogens is 1. The lowest BCUT2D eigenvalue weighted by Crippen LogP contribution is -2.14. The molecule has 0 unspecified atom stereocenters. The van der Waals surface area contributed by atoms with Crippen LogP contribution in [0.25, 0.3) is 11.1 Å². The number of carbonyl (C=O) groups is 2. The molecule has 0 amide bonds. The number of esters is 2. The van der Waals surface area contributed by atoms with Crippen LogP contribution >= 0.6 is 15.9 Å². The van der Waals surface area contributed by atoms with Crippen LogP contribution in [-0.4, -0.2) is 37.4 Å². The molecule has 0 atom stereocenters. The Hall–Kier alpha value is -3.70. The Balaban J connectivity index is 2.41. The monoisotopic (exact) mass is 496 g/mol. The summed E-state index contributed by atoms with van der Waals surface area (Å²) in [6.07, 6.45) is 5.79. The van der Waals surface area contributed by atoms with E-state index in [-0.39, 0.29) is 29.1 Å². The third-order valence-corrected chi connectivity index (χ3v) is 5.33. The smallest absolute Gasteiger partial charge is 0.355 e. The molecule has 32 heavy (non-hydrogen) atoms. The molecule has 2 aromatic carbocycles. The van der Waals surface area contributed by atoms with E-state index in [1.165, 1.54) is 43.1 Å². The number of rotatable bonds is 6. The summed E-state index contributed by atoms with van der Waals surface area (Å²) in [5.74, 6) is 0.562. The van der Waals surface area contributed by atoms with Gasteiger partial charge in [0.05, 0.1) is 26.5 Å². The summed E-state index contributed by atoms with van der Waals surface area (Å²) in [7, 11) is 2.43. The first-order valence-electron chi connectivity index (χ1n) is 9.27. The number of aliphatic imine (C=N–C) groups is 1. The van der Waals surface area contributed by atoms with Crippen molar-refractivity contribution in [3.63, 3.8) is 0 Å². The molecule has 0 aliphatic heterocycles. The summed E-state index contributed by atoms with van der Waals surface area (Å²) >= 11 is 3.42. The maximum atomic E-state index is 13.6. The van der Waals surface area contributed by atoms with Crippen LogP contribution in [0.3, 0.4) is 0 Å². The summed E-state index contributed by atoms with van der Waals surface area (Å²) in [4.78, 5) is 29.7. The first-order chi connectivity index (χ1) is 15.4. The van der Waals surface area contributed by atoms with Crippen LogP contribution < -0.4 is 0 Å². The van der Waals surface area contributed by atoms with E-state index in [1.807, 2.05) is 0 Å². The molecule has 0 saturated heterocycles. The maximum absolute atomic E-state index is 13.6. The Morgan fingerprint density at radius 3 is 2.38 bits per heavy atom. The van der Waals surface area contributed by atoms with Gasteiger partial charge in [0.15, 0.2) is 0 Å². The predicted octanol–water partition coefficient (Wildman–Crippen LogP) is 4.99. The molecule has 0 aliphatic carbocycles. The molecule has 6 nitrogen and oxygen atoms in total. The van der Waals surface area contributed by atoms with Crippen molar-refractivity contribution in [3.8, 4) is 23.5 Å². The molecular formula is C24H18BrFN2O4. The fraction of sp³-hybridized carbons (Fsp3) is 0.125. The van der Waals surface area contributed by atoms with Crippen LogP contribution in [0.4, 0.5) is 10.1 Å². The van der Waals surface area contributed by atoms with Crippen molar-refractivity contribution in [1.29, 1.82) is 0 Å². The zero-order valence-electron chi connectivity index (χ0n) is 17.3. The van der Waals surface area contributed by atoms with Crippen LogP contribution in [-0.2, 0) is 16.0 Å². The Kier molecular flexibility index (Phi) is 6.91. The SMILES string of the molecule is C#Cc1c(C(=O)OC)c(-c2ccc(F)cc2)c(C(=O)OC)n1Cc1cc(Br)ccc1N=C. The number of nitrogens with zero attached hydrogens (tertiary/aromatic N) is 2. The molecule has 3 rings (SSSR count). The van der Waals surface area contributed by atoms with Gasteiger partial charge in [0.2, 0.25) is 0 Å². The number of halogens is 2. The van der Waals surface area contributed by atoms with Crippen molar-refractivity contribution in [2.45, 2.75) is 6.54 Å². The molecule has 0 spiro atoms. The van der Waals surface area contributed by atoms with Gasteiger partial charge in [-0.25, -0.2) is 14.0 Å². The van der Waals surface area contributed by atoms with E-state index in [0.717, 1.165) is 4.47 Å². The molecule has 0 radical (unpaired) electrons. The summed E-state index contributed by atoms with van der Waals surface area (Å²) in [6.45, 7) is 3.67. The van der Waals surface area contributed by atoms with Gasteiger partial charge in [0.1, 0.15) is 22.8 Å². The van der Waals surface area contributed by atoms with Crippen LogP contribution in [0.5, 0.6) is 0 Å². The summed E-state index contributed by atoms with van der Waals surface area (Å²) < 4.78 is 25.8. The van der Waals surface area contributed by atoms with Gasteiger partial charge < -0.3 is 14.0 Å². The lowest BCUT2D eigenvalue weighted by molar-refractivity contribution is 0.0587. The van der Waals surface area contributed by atoms with Gasteiger partial charge in [-0.1, -0.05) is 34.0 Å². The third-order valence-electron chi connectivity index (χ3n) is 4.84. The minimum absolute atomic E-state index is 0.00474. The first-order valence-corrected chi connectivity index (χ1v) is 10.1. The molecule has 0 saturated carbocycles. The largest absolute Gasteiger partial charge is 0.465 e. The van der Waals surface area contributed by atoms with Crippen molar-refractivity contribution in [2.24, 2.45) is 4.99 Å². The van der Waals surface area contributed by atoms with E-state index >= 15 is 0 Å². The van der Waals surface area contributed by atoms with Gasteiger partial charge >= 0.3 is 11.9 Å². The number of hydrogen-bond donors (Lipinski definition) is 0. The quantitative estimate of drug-likeness (QED) is 0.273. The highest BCUT2D eigenvalue weighted by molar-refractivity contribution is 9.10. The lowest BCUT2D eigenvalue weighted by Gasteiger charge is -2.13. The van der Waals surface area contributed by atoms with Crippen LogP contribution in [0.15, 0.2) is 51.9 Å². The average molecular weight is 497 g/mol. The predicted molar refractivity (Wildman–Crippen MR) is 123 cm³/mol. The normalized spacial score (nSPS) is 10.3. The molecule has 1 heterocycles. The summed E-state index contributed by atoms with van der Waals surface area (Å²) in [5.41, 5.74) is 2.01. The van der Waals surface area contributed by atoms with Gasteiger partial charge in [-0.05, 0) is 48.2 Å². The Morgan fingerprint density at radius 2 is 1.81 bits per heavy atom. The van der Waals surface area contributed by atoms with Crippen molar-refractivity contribution in [1.82, 2.24) is 4.57 Å². The fourth-order valence-corrected chi connectivity index (χ4v) is 3.85. The fourth-order valence-electron chi connectivity index (χ4n) is 3.44. The van der Waals surface area contributed by atoms with Crippen molar-refractivity contribution >= 4 is 40.3 Å². The molecule has 0 aliphatic rings. The van der Waals surface area contributed by atoms with Crippen molar-refractivity contribution in [3.05, 3.63) is 75.3 Å². The molecule has 8 heteroatoms. The van der Waals surface area contributed by atoms with E-state index in [9.17, 15) is 14.0 Å². The molecular weight excluding hydrogens is 479 g/mol. The van der Waals surface area contributed by atoms with E-state index in [0.29, 0.717) is 16.8 Å². The lowest BCUT2D eigenvalue weighted by atomic mass is 10.00. The average Bonchev–Trinajstić information content (AvgIpc) is 3.12. The Bertz CT molecular complexity index is 1260. The molecule has 162 valence electrons. The highest BCUT2D eigenvalue weighted by atomic mass is 79.9. The minimum atomic E-state index is -0.738. The van der Waals surface area contributed by atoms with E-state index in [4.69, 9.17) is 15.9 Å². The van der Waals surface area contributed by atoms with Crippen molar-refractivity contribution < 1.29 is 23.5 Å². The maximum Gasteiger partial charge on any atom is 0.355 e. The zero-order chi connectivity index (χ0) is 23.4. The number of terminal acetylenes is 1. The van der Waals surface area contributed by atoms with Crippen LogP contribution in [0.2, 0.25) is 0 Å². The molecule has 0 N–H and O–H groups in total. The number of carbonyl (C=O) groups excluding carboxylic acids is 2. The van der Waals surface area contributed by atoms with E-state index in [2.05, 4.69) is 33.6 Å². The minimum Gasteiger partial charge on any atom is -0.465 e. The van der Waals surface area contributed by atoms with E-state index in [1.54, 1.807) is 18.2 Å². The topological polar surface area (TPSA) is 69.9 Å². The molecule has 1 aromatic heterocycles. The number of hydrogen-bond acceptors (Lipinski definition) is 5. The standard InChI is InChI=1S/C24H18BrFN2O4/c1-5-19-21(23(29)31-3)20(14-6-9-17(26)10-7-14)22(24(30)32-4)28(19)13-15-12-16(25)8-11-18(15)27-2/h1,6-12H,2,13H2,3-4H3. The van der Waals surface area contributed by atoms with Gasteiger partial charge in [-0.2, -0.15) is 0 Å². The third kappa shape index (κ3) is 4.20. The number of methoxy groups -OCH3 is 2. The highest BCUT2D eigenvalue weighted by Gasteiger charge is 2.32. The molecule has 0 bridgehead atoms. The van der Waals surface area contributed by atoms with Gasteiger partial charge in [0, 0.05) is 10.0 Å².